The first-order valence-corrected chi connectivity index (χ1v) is 8.10. The summed E-state index contributed by atoms with van der Waals surface area (Å²) in [6, 6.07) is 12.1. The quantitative estimate of drug-likeness (QED) is 0.460. The van der Waals surface area contributed by atoms with Crippen molar-refractivity contribution in [2.75, 3.05) is 12.9 Å². The summed E-state index contributed by atoms with van der Waals surface area (Å²) in [5.41, 5.74) is 3.44. The summed E-state index contributed by atoms with van der Waals surface area (Å²) in [7, 11) is 1.56. The van der Waals surface area contributed by atoms with Crippen LogP contribution < -0.4 is 16.0 Å². The average Bonchev–Trinajstić information content (AvgIpc) is 2.50. The Bertz CT molecular complexity index is 612. The lowest BCUT2D eigenvalue weighted by Gasteiger charge is -2.19. The van der Waals surface area contributed by atoms with Crippen molar-refractivity contribution in [1.29, 1.82) is 0 Å². The maximum atomic E-state index is 13.5. The topological polar surface area (TPSA) is 47.3 Å². The van der Waals surface area contributed by atoms with Crippen LogP contribution in [-0.2, 0) is 0 Å². The molecule has 0 bridgehead atoms. The molecule has 21 heavy (non-hydrogen) atoms. The van der Waals surface area contributed by atoms with Gasteiger partial charge in [0.2, 0.25) is 0 Å². The van der Waals surface area contributed by atoms with Gasteiger partial charge >= 0.3 is 0 Å². The van der Waals surface area contributed by atoms with Crippen molar-refractivity contribution in [3.63, 3.8) is 0 Å². The van der Waals surface area contributed by atoms with Crippen LogP contribution in [0.5, 0.6) is 5.75 Å². The Balaban J connectivity index is 2.17. The fraction of sp³-hybridized carbons (Fsp3) is 0.200. The second kappa shape index (κ2) is 7.79. The van der Waals surface area contributed by atoms with E-state index >= 15 is 0 Å². The minimum Gasteiger partial charge on any atom is -0.496 e. The van der Waals surface area contributed by atoms with Crippen LogP contribution in [0.15, 0.2) is 51.8 Å². The fourth-order valence-electron chi connectivity index (χ4n) is 1.94. The molecule has 0 aliphatic rings. The second-order valence-corrected chi connectivity index (χ2v) is 6.26. The maximum Gasteiger partial charge on any atom is 0.123 e. The highest BCUT2D eigenvalue weighted by Crippen LogP contribution is 2.33. The summed E-state index contributed by atoms with van der Waals surface area (Å²) in [4.78, 5) is 1.10. The Morgan fingerprint density at radius 3 is 2.76 bits per heavy atom. The molecule has 0 spiro atoms. The van der Waals surface area contributed by atoms with Crippen molar-refractivity contribution in [3.8, 4) is 5.75 Å². The molecule has 112 valence electrons. The molecule has 0 saturated carbocycles. The van der Waals surface area contributed by atoms with Crippen molar-refractivity contribution < 1.29 is 9.13 Å². The van der Waals surface area contributed by atoms with E-state index in [2.05, 4.69) is 21.4 Å². The maximum absolute atomic E-state index is 13.5. The van der Waals surface area contributed by atoms with E-state index in [1.807, 2.05) is 24.3 Å². The molecule has 0 heterocycles. The third-order valence-corrected chi connectivity index (χ3v) is 5.13. The molecule has 0 aliphatic heterocycles. The molecule has 3 nitrogen and oxygen atoms in total. The number of rotatable bonds is 6. The molecule has 0 amide bonds. The highest BCUT2D eigenvalue weighted by atomic mass is 79.9. The number of hydrogen-bond donors (Lipinski definition) is 2. The summed E-state index contributed by atoms with van der Waals surface area (Å²) in [6.45, 7) is 0. The number of nitrogens with two attached hydrogens (primary N) is 1. The number of thioether (sulfide) groups is 1. The fourth-order valence-corrected chi connectivity index (χ4v) is 3.57. The van der Waals surface area contributed by atoms with E-state index in [4.69, 9.17) is 10.6 Å². The van der Waals surface area contributed by atoms with Crippen LogP contribution in [0.2, 0.25) is 0 Å². The molecular weight excluding hydrogens is 355 g/mol. The number of hydrazine groups is 1. The first-order valence-electron chi connectivity index (χ1n) is 6.32. The van der Waals surface area contributed by atoms with Crippen molar-refractivity contribution in [1.82, 2.24) is 5.43 Å². The summed E-state index contributed by atoms with van der Waals surface area (Å²) in [6.07, 6.45) is 0. The number of benzene rings is 2. The van der Waals surface area contributed by atoms with Crippen LogP contribution in [-0.4, -0.2) is 12.9 Å². The molecule has 1 atom stereocenters. The van der Waals surface area contributed by atoms with Crippen LogP contribution in [0.1, 0.15) is 11.6 Å². The Labute approximate surface area is 136 Å². The lowest BCUT2D eigenvalue weighted by atomic mass is 10.1. The number of nitrogens with one attached hydrogen (secondary N) is 1. The van der Waals surface area contributed by atoms with Crippen LogP contribution in [0.3, 0.4) is 0 Å². The van der Waals surface area contributed by atoms with Gasteiger partial charge in [-0.15, -0.1) is 11.8 Å². The molecule has 0 fully saturated rings. The van der Waals surface area contributed by atoms with E-state index in [-0.39, 0.29) is 11.9 Å². The van der Waals surface area contributed by atoms with Gasteiger partial charge in [-0.2, -0.15) is 0 Å². The number of hydrogen-bond acceptors (Lipinski definition) is 4. The Hall–Kier alpha value is -1.08. The summed E-state index contributed by atoms with van der Waals surface area (Å²) >= 11 is 5.14. The molecule has 2 aromatic rings. The van der Waals surface area contributed by atoms with Crippen LogP contribution in [0.4, 0.5) is 4.39 Å². The van der Waals surface area contributed by atoms with Gasteiger partial charge in [0.15, 0.2) is 0 Å². The van der Waals surface area contributed by atoms with E-state index in [1.54, 1.807) is 24.9 Å². The molecule has 6 heteroatoms. The normalized spacial score (nSPS) is 12.2. The lowest BCUT2D eigenvalue weighted by Crippen LogP contribution is -2.30. The number of methoxy groups -OCH3 is 1. The van der Waals surface area contributed by atoms with E-state index in [1.165, 1.54) is 12.1 Å². The van der Waals surface area contributed by atoms with Crippen LogP contribution in [0.25, 0.3) is 0 Å². The van der Waals surface area contributed by atoms with E-state index in [0.717, 1.165) is 9.37 Å². The zero-order chi connectivity index (χ0) is 15.2. The molecule has 2 rings (SSSR count). The Kier molecular flexibility index (Phi) is 6.05. The Morgan fingerprint density at radius 1 is 1.33 bits per heavy atom. The average molecular weight is 371 g/mol. The van der Waals surface area contributed by atoms with Gasteiger partial charge in [-0.05, 0) is 46.3 Å². The molecule has 0 aliphatic carbocycles. The van der Waals surface area contributed by atoms with Crippen molar-refractivity contribution in [2.45, 2.75) is 10.9 Å². The van der Waals surface area contributed by atoms with Gasteiger partial charge in [-0.3, -0.25) is 11.3 Å². The zero-order valence-corrected chi connectivity index (χ0v) is 13.9. The lowest BCUT2D eigenvalue weighted by molar-refractivity contribution is 0.401. The van der Waals surface area contributed by atoms with Gasteiger partial charge < -0.3 is 4.74 Å². The monoisotopic (exact) mass is 370 g/mol. The zero-order valence-electron chi connectivity index (χ0n) is 11.5. The molecule has 1 unspecified atom stereocenters. The second-order valence-electron chi connectivity index (χ2n) is 4.35. The third kappa shape index (κ3) is 4.20. The minimum atomic E-state index is -0.308. The van der Waals surface area contributed by atoms with Crippen molar-refractivity contribution >= 4 is 27.7 Å². The number of halogens is 2. The molecule has 0 aromatic heterocycles. The molecule has 0 radical (unpaired) electrons. The summed E-state index contributed by atoms with van der Waals surface area (Å²) < 4.78 is 19.8. The van der Waals surface area contributed by atoms with Gasteiger partial charge in [0.05, 0.1) is 13.2 Å². The largest absolute Gasteiger partial charge is 0.496 e. The predicted molar refractivity (Wildman–Crippen MR) is 87.9 cm³/mol. The first kappa shape index (κ1) is 16.3. The minimum absolute atomic E-state index is 0.215. The molecule has 2 aromatic carbocycles. The van der Waals surface area contributed by atoms with Crippen LogP contribution in [0, 0.1) is 5.82 Å². The third-order valence-electron chi connectivity index (χ3n) is 3.01. The summed E-state index contributed by atoms with van der Waals surface area (Å²) in [5.74, 6) is 6.59. The van der Waals surface area contributed by atoms with Gasteiger partial charge in [0, 0.05) is 20.7 Å². The van der Waals surface area contributed by atoms with E-state index in [9.17, 15) is 4.39 Å². The summed E-state index contributed by atoms with van der Waals surface area (Å²) in [5, 5.41) is 0. The standard InChI is InChI=1S/C15H16BrFN2OS/c1-20-14-7-6-10(17)8-11(14)13(19-18)9-21-15-5-3-2-4-12(15)16/h2-8,13,19H,9,18H2,1H3. The Morgan fingerprint density at radius 2 is 2.10 bits per heavy atom. The molecule has 0 saturated heterocycles. The SMILES string of the molecule is COc1ccc(F)cc1C(CSc1ccccc1Br)NN. The molecule has 3 N–H and O–H groups in total. The molecular formula is C15H16BrFN2OS. The first-order chi connectivity index (χ1) is 10.2. The number of ether oxygens (including phenoxy) is 1. The van der Waals surface area contributed by atoms with E-state index in [0.29, 0.717) is 17.1 Å². The van der Waals surface area contributed by atoms with Gasteiger partial charge in [-0.25, -0.2) is 4.39 Å². The van der Waals surface area contributed by atoms with Gasteiger partial charge in [-0.1, -0.05) is 12.1 Å². The smallest absolute Gasteiger partial charge is 0.123 e. The highest BCUT2D eigenvalue weighted by molar-refractivity contribution is 9.10. The van der Waals surface area contributed by atoms with Crippen molar-refractivity contribution in [3.05, 3.63) is 58.3 Å². The predicted octanol–water partition coefficient (Wildman–Crippen LogP) is 3.89. The highest BCUT2D eigenvalue weighted by Gasteiger charge is 2.16. The van der Waals surface area contributed by atoms with E-state index < -0.39 is 0 Å². The van der Waals surface area contributed by atoms with Crippen molar-refractivity contribution in [2.24, 2.45) is 5.84 Å². The van der Waals surface area contributed by atoms with Gasteiger partial charge in [0.1, 0.15) is 11.6 Å². The van der Waals surface area contributed by atoms with Gasteiger partial charge in [0.25, 0.3) is 0 Å². The van der Waals surface area contributed by atoms with Crippen LogP contribution >= 0.6 is 27.7 Å².